The van der Waals surface area contributed by atoms with E-state index in [1.54, 1.807) is 6.07 Å². The van der Waals surface area contributed by atoms with Gasteiger partial charge in [0.15, 0.2) is 11.0 Å². The topological polar surface area (TPSA) is 120 Å². The fourth-order valence-corrected chi connectivity index (χ4v) is 2.22. The number of thiol groups is 1. The van der Waals surface area contributed by atoms with E-state index >= 15 is 0 Å². The summed E-state index contributed by atoms with van der Waals surface area (Å²) >= 11 is 4.11. The standard InChI is InChI=1S/C10H15NO6S/c1-5(13)16-9-8(15)7(14)6(4-12)17-10(9,18)2-3-11/h6-9,12,14-15,18H,2,4H2,1H3/t6-,7-,8+,9+,10?/m1/s1. The molecule has 5 atom stereocenters. The smallest absolute Gasteiger partial charge is 0.303 e. The van der Waals surface area contributed by atoms with Crippen LogP contribution in [0.3, 0.4) is 0 Å². The minimum Gasteiger partial charge on any atom is -0.456 e. The largest absolute Gasteiger partial charge is 0.456 e. The number of hydrogen-bond donors (Lipinski definition) is 4. The van der Waals surface area contributed by atoms with Crippen molar-refractivity contribution in [2.45, 2.75) is 42.7 Å². The Balaban J connectivity index is 3.02. The van der Waals surface area contributed by atoms with E-state index in [4.69, 9.17) is 19.8 Å². The molecule has 8 heteroatoms. The predicted molar refractivity (Wildman–Crippen MR) is 61.5 cm³/mol. The third kappa shape index (κ3) is 2.93. The van der Waals surface area contributed by atoms with E-state index < -0.39 is 41.9 Å². The number of nitrogens with zero attached hydrogens (tertiary/aromatic N) is 1. The zero-order valence-corrected chi connectivity index (χ0v) is 10.6. The number of nitriles is 1. The molecule has 1 unspecified atom stereocenters. The van der Waals surface area contributed by atoms with Crippen LogP contribution < -0.4 is 0 Å². The van der Waals surface area contributed by atoms with Crippen LogP contribution in [0.2, 0.25) is 0 Å². The van der Waals surface area contributed by atoms with Crippen molar-refractivity contribution in [1.82, 2.24) is 0 Å². The molecule has 1 aliphatic rings. The Morgan fingerprint density at radius 2 is 2.17 bits per heavy atom. The summed E-state index contributed by atoms with van der Waals surface area (Å²) < 4.78 is 10.1. The number of rotatable bonds is 3. The van der Waals surface area contributed by atoms with Crippen LogP contribution in [-0.4, -0.2) is 57.2 Å². The third-order valence-corrected chi connectivity index (χ3v) is 3.16. The first-order chi connectivity index (χ1) is 8.35. The van der Waals surface area contributed by atoms with Crippen molar-refractivity contribution in [2.75, 3.05) is 6.61 Å². The summed E-state index contributed by atoms with van der Waals surface area (Å²) in [5.41, 5.74) is 0. The van der Waals surface area contributed by atoms with E-state index in [0.29, 0.717) is 0 Å². The van der Waals surface area contributed by atoms with Crippen LogP contribution in [0, 0.1) is 11.3 Å². The van der Waals surface area contributed by atoms with Crippen LogP contribution in [0.15, 0.2) is 0 Å². The van der Waals surface area contributed by atoms with Crippen molar-refractivity contribution in [3.63, 3.8) is 0 Å². The van der Waals surface area contributed by atoms with Crippen molar-refractivity contribution in [2.24, 2.45) is 0 Å². The van der Waals surface area contributed by atoms with Crippen molar-refractivity contribution in [3.8, 4) is 6.07 Å². The van der Waals surface area contributed by atoms with Gasteiger partial charge in [0, 0.05) is 6.92 Å². The molecule has 3 N–H and O–H groups in total. The first-order valence-corrected chi connectivity index (χ1v) is 5.71. The van der Waals surface area contributed by atoms with Gasteiger partial charge in [0.1, 0.15) is 18.3 Å². The molecule has 1 aliphatic heterocycles. The third-order valence-electron chi connectivity index (χ3n) is 2.65. The minimum atomic E-state index is -1.58. The second-order valence-corrected chi connectivity index (χ2v) is 4.79. The quantitative estimate of drug-likeness (QED) is 0.369. The summed E-state index contributed by atoms with van der Waals surface area (Å²) in [5.74, 6) is -0.700. The predicted octanol–water partition coefficient (Wildman–Crippen LogP) is -1.43. The molecule has 102 valence electrons. The molecule has 7 nitrogen and oxygen atoms in total. The number of ether oxygens (including phenoxy) is 2. The Hall–Kier alpha value is -0.850. The molecule has 1 rings (SSSR count). The van der Waals surface area contributed by atoms with E-state index in [-0.39, 0.29) is 6.42 Å². The van der Waals surface area contributed by atoms with Gasteiger partial charge in [0.25, 0.3) is 0 Å². The van der Waals surface area contributed by atoms with E-state index in [1.165, 1.54) is 0 Å². The lowest BCUT2D eigenvalue weighted by Crippen LogP contribution is -2.64. The highest BCUT2D eigenvalue weighted by atomic mass is 32.1. The van der Waals surface area contributed by atoms with Gasteiger partial charge in [-0.25, -0.2) is 0 Å². The van der Waals surface area contributed by atoms with Crippen molar-refractivity contribution >= 4 is 18.6 Å². The van der Waals surface area contributed by atoms with Gasteiger partial charge in [-0.1, -0.05) is 0 Å². The maximum atomic E-state index is 11.0. The molecule has 1 saturated heterocycles. The Bertz CT molecular complexity index is 359. The van der Waals surface area contributed by atoms with E-state index in [1.807, 2.05) is 0 Å². The lowest BCUT2D eigenvalue weighted by molar-refractivity contribution is -0.247. The Kier molecular flexibility index (Phi) is 4.95. The molecule has 0 aliphatic carbocycles. The molecule has 1 fully saturated rings. The molecule has 1 heterocycles. The van der Waals surface area contributed by atoms with Gasteiger partial charge in [0.2, 0.25) is 0 Å². The number of aliphatic hydroxyl groups excluding tert-OH is 3. The number of aliphatic hydroxyl groups is 3. The van der Waals surface area contributed by atoms with E-state index in [0.717, 1.165) is 6.92 Å². The van der Waals surface area contributed by atoms with Crippen molar-refractivity contribution in [3.05, 3.63) is 0 Å². The highest BCUT2D eigenvalue weighted by Gasteiger charge is 2.54. The Morgan fingerprint density at radius 3 is 2.61 bits per heavy atom. The zero-order chi connectivity index (χ0) is 13.9. The van der Waals surface area contributed by atoms with Gasteiger partial charge in [-0.2, -0.15) is 5.26 Å². The van der Waals surface area contributed by atoms with Gasteiger partial charge < -0.3 is 24.8 Å². The molecule has 0 bridgehead atoms. The summed E-state index contributed by atoms with van der Waals surface area (Å²) in [6.07, 6.45) is -5.61. The number of esters is 1. The summed E-state index contributed by atoms with van der Waals surface area (Å²) in [4.78, 5) is 9.39. The van der Waals surface area contributed by atoms with Crippen molar-refractivity contribution < 1.29 is 29.6 Å². The lowest BCUT2D eigenvalue weighted by Gasteiger charge is -2.46. The summed E-state index contributed by atoms with van der Waals surface area (Å²) in [5, 5.41) is 37.3. The highest BCUT2D eigenvalue weighted by molar-refractivity contribution is 7.81. The summed E-state index contributed by atoms with van der Waals surface area (Å²) in [6, 6.07) is 1.79. The minimum absolute atomic E-state index is 0.283. The SMILES string of the molecule is CC(=O)O[C@H]1[C@@H](O)[C@H](O)[C@@H](CO)OC1(S)CC#N. The second kappa shape index (κ2) is 5.86. The average Bonchev–Trinajstić information content (AvgIpc) is 2.30. The normalized spacial score (nSPS) is 40.0. The first kappa shape index (κ1) is 15.2. The molecule has 18 heavy (non-hydrogen) atoms. The van der Waals surface area contributed by atoms with Crippen molar-refractivity contribution in [1.29, 1.82) is 5.26 Å². The number of carbonyl (C=O) groups excluding carboxylic acids is 1. The molecule has 0 amide bonds. The molecular formula is C10H15NO6S. The molecule has 0 radical (unpaired) electrons. The monoisotopic (exact) mass is 277 g/mol. The van der Waals surface area contributed by atoms with Crippen LogP contribution in [0.4, 0.5) is 0 Å². The number of hydrogen-bond acceptors (Lipinski definition) is 8. The maximum absolute atomic E-state index is 11.0. The molecular weight excluding hydrogens is 262 g/mol. The molecule has 0 aromatic carbocycles. The molecule has 0 aromatic heterocycles. The Labute approximate surface area is 109 Å². The summed E-state index contributed by atoms with van der Waals surface area (Å²) in [7, 11) is 0. The molecule has 0 spiro atoms. The van der Waals surface area contributed by atoms with Crippen LogP contribution in [0.25, 0.3) is 0 Å². The molecule has 0 saturated carbocycles. The van der Waals surface area contributed by atoms with Gasteiger partial charge in [0.05, 0.1) is 19.1 Å². The average molecular weight is 277 g/mol. The zero-order valence-electron chi connectivity index (χ0n) is 9.68. The highest BCUT2D eigenvalue weighted by Crippen LogP contribution is 2.37. The van der Waals surface area contributed by atoms with Crippen LogP contribution in [-0.2, 0) is 14.3 Å². The maximum Gasteiger partial charge on any atom is 0.303 e. The Morgan fingerprint density at radius 1 is 1.56 bits per heavy atom. The molecule has 0 aromatic rings. The van der Waals surface area contributed by atoms with Crippen LogP contribution >= 0.6 is 12.6 Å². The fourth-order valence-electron chi connectivity index (χ4n) is 1.81. The first-order valence-electron chi connectivity index (χ1n) is 5.27. The van der Waals surface area contributed by atoms with E-state index in [2.05, 4.69) is 12.6 Å². The second-order valence-electron chi connectivity index (χ2n) is 4.03. The van der Waals surface area contributed by atoms with Gasteiger partial charge in [-0.05, 0) is 0 Å². The van der Waals surface area contributed by atoms with Gasteiger partial charge in [-0.15, -0.1) is 12.6 Å². The number of carbonyl (C=O) groups is 1. The van der Waals surface area contributed by atoms with Crippen LogP contribution in [0.1, 0.15) is 13.3 Å². The fraction of sp³-hybridized carbons (Fsp3) is 0.800. The van der Waals surface area contributed by atoms with E-state index in [9.17, 15) is 15.0 Å². The van der Waals surface area contributed by atoms with Gasteiger partial charge in [-0.3, -0.25) is 4.79 Å². The lowest BCUT2D eigenvalue weighted by atomic mass is 9.93. The summed E-state index contributed by atoms with van der Waals surface area (Å²) in [6.45, 7) is 0.566. The van der Waals surface area contributed by atoms with Crippen LogP contribution in [0.5, 0.6) is 0 Å². The van der Waals surface area contributed by atoms with Gasteiger partial charge >= 0.3 is 5.97 Å².